The molecule has 0 heterocycles. The van der Waals surface area contributed by atoms with Gasteiger partial charge in [0.05, 0.1) is 11.9 Å². The summed E-state index contributed by atoms with van der Waals surface area (Å²) in [7, 11) is -3.88. The Morgan fingerprint density at radius 1 is 1.03 bits per heavy atom. The van der Waals surface area contributed by atoms with Crippen molar-refractivity contribution in [2.75, 3.05) is 17.1 Å². The zero-order valence-corrected chi connectivity index (χ0v) is 23.0. The van der Waals surface area contributed by atoms with Crippen molar-refractivity contribution in [2.24, 2.45) is 0 Å². The summed E-state index contributed by atoms with van der Waals surface area (Å²) in [6.07, 6.45) is 1.35. The van der Waals surface area contributed by atoms with Crippen LogP contribution in [0.4, 0.5) is 5.69 Å². The summed E-state index contributed by atoms with van der Waals surface area (Å²) in [5, 5.41) is 2.94. The molecular weight excluding hydrogens is 478 g/mol. The van der Waals surface area contributed by atoms with E-state index in [0.29, 0.717) is 12.0 Å². The normalized spacial score (nSPS) is 12.5. The topological polar surface area (TPSA) is 104 Å². The maximum Gasteiger partial charge on any atom is 0.244 e. The third-order valence-corrected chi connectivity index (χ3v) is 6.68. The van der Waals surface area contributed by atoms with Crippen LogP contribution in [-0.2, 0) is 26.2 Å². The average molecular weight is 516 g/mol. The van der Waals surface area contributed by atoms with Crippen LogP contribution >= 0.6 is 0 Å². The predicted octanol–water partition coefficient (Wildman–Crippen LogP) is 3.69. The lowest BCUT2D eigenvalue weighted by molar-refractivity contribution is -0.141. The van der Waals surface area contributed by atoms with E-state index in [4.69, 9.17) is 0 Å². The second-order valence-corrected chi connectivity index (χ2v) is 12.0. The molecule has 0 spiro atoms. The molecule has 8 nitrogen and oxygen atoms in total. The van der Waals surface area contributed by atoms with Crippen LogP contribution in [0.15, 0.2) is 48.5 Å². The van der Waals surface area contributed by atoms with E-state index in [2.05, 4.69) is 5.32 Å². The minimum absolute atomic E-state index is 0.141. The van der Waals surface area contributed by atoms with Crippen LogP contribution in [0.3, 0.4) is 0 Å². The highest BCUT2D eigenvalue weighted by molar-refractivity contribution is 7.92. The zero-order chi connectivity index (χ0) is 27.3. The van der Waals surface area contributed by atoms with Crippen LogP contribution in [0.25, 0.3) is 0 Å². The molecule has 0 saturated carbocycles. The SMILES string of the molecule is CC[C@@H](C(=O)NC(C)(C)C)N(Cc1cccc(C)c1)C(=O)CN(c1cccc(C(C)=O)c1)S(C)(=O)=O. The van der Waals surface area contributed by atoms with Gasteiger partial charge in [-0.15, -0.1) is 0 Å². The first kappa shape index (κ1) is 29.0. The van der Waals surface area contributed by atoms with E-state index in [1.807, 2.05) is 58.9 Å². The Labute approximate surface area is 214 Å². The first-order valence-electron chi connectivity index (χ1n) is 11.9. The van der Waals surface area contributed by atoms with Crippen molar-refractivity contribution in [1.82, 2.24) is 10.2 Å². The molecule has 1 N–H and O–H groups in total. The smallest absolute Gasteiger partial charge is 0.244 e. The van der Waals surface area contributed by atoms with Crippen molar-refractivity contribution in [1.29, 1.82) is 0 Å². The van der Waals surface area contributed by atoms with E-state index in [1.54, 1.807) is 12.1 Å². The highest BCUT2D eigenvalue weighted by atomic mass is 32.2. The first-order chi connectivity index (χ1) is 16.6. The van der Waals surface area contributed by atoms with Crippen LogP contribution in [0.2, 0.25) is 0 Å². The zero-order valence-electron chi connectivity index (χ0n) is 22.2. The highest BCUT2D eigenvalue weighted by Gasteiger charge is 2.33. The number of hydrogen-bond donors (Lipinski definition) is 1. The minimum atomic E-state index is -3.88. The summed E-state index contributed by atoms with van der Waals surface area (Å²) >= 11 is 0. The number of sulfonamides is 1. The molecule has 36 heavy (non-hydrogen) atoms. The number of Topliss-reactive ketones (excluding diaryl/α,β-unsaturated/α-hetero) is 1. The quantitative estimate of drug-likeness (QED) is 0.486. The van der Waals surface area contributed by atoms with Gasteiger partial charge in [0, 0.05) is 17.6 Å². The van der Waals surface area contributed by atoms with Gasteiger partial charge in [-0.05, 0) is 58.7 Å². The average Bonchev–Trinajstić information content (AvgIpc) is 2.75. The van der Waals surface area contributed by atoms with Gasteiger partial charge in [-0.3, -0.25) is 18.7 Å². The molecule has 0 unspecified atom stereocenters. The Hall–Kier alpha value is -3.20. The van der Waals surface area contributed by atoms with Gasteiger partial charge in [0.15, 0.2) is 5.78 Å². The van der Waals surface area contributed by atoms with Crippen molar-refractivity contribution in [3.63, 3.8) is 0 Å². The van der Waals surface area contributed by atoms with Gasteiger partial charge in [-0.1, -0.05) is 48.9 Å². The molecule has 0 aliphatic heterocycles. The van der Waals surface area contributed by atoms with E-state index in [9.17, 15) is 22.8 Å². The van der Waals surface area contributed by atoms with E-state index in [1.165, 1.54) is 24.0 Å². The molecule has 1 atom stereocenters. The number of aryl methyl sites for hydroxylation is 1. The number of rotatable bonds is 10. The molecule has 2 aromatic rings. The molecule has 2 amide bonds. The number of nitrogens with one attached hydrogen (secondary N) is 1. The van der Waals surface area contributed by atoms with Gasteiger partial charge in [0.1, 0.15) is 12.6 Å². The third-order valence-electron chi connectivity index (χ3n) is 5.54. The summed E-state index contributed by atoms with van der Waals surface area (Å²) in [4.78, 5) is 40.2. The number of anilines is 1. The van der Waals surface area contributed by atoms with Crippen LogP contribution in [0.5, 0.6) is 0 Å². The maximum absolute atomic E-state index is 13.7. The van der Waals surface area contributed by atoms with Gasteiger partial charge in [-0.2, -0.15) is 0 Å². The number of carbonyl (C=O) groups is 3. The molecular formula is C27H37N3O5S. The van der Waals surface area contributed by atoms with Crippen LogP contribution in [-0.4, -0.2) is 55.3 Å². The van der Waals surface area contributed by atoms with Gasteiger partial charge in [-0.25, -0.2) is 8.42 Å². The summed E-state index contributed by atoms with van der Waals surface area (Å²) < 4.78 is 26.4. The van der Waals surface area contributed by atoms with E-state index in [-0.39, 0.29) is 23.9 Å². The molecule has 0 fully saturated rings. The third kappa shape index (κ3) is 8.19. The fraction of sp³-hybridized carbons (Fsp3) is 0.444. The van der Waals surface area contributed by atoms with Crippen molar-refractivity contribution in [3.8, 4) is 0 Å². The maximum atomic E-state index is 13.7. The highest BCUT2D eigenvalue weighted by Crippen LogP contribution is 2.22. The standard InChI is InChI=1S/C27H37N3O5S/c1-8-24(26(33)28-27(4,5)6)29(17-21-12-9-11-19(2)15-21)25(32)18-30(36(7,34)35)23-14-10-13-22(16-23)20(3)31/h9-16,24H,8,17-18H2,1-7H3,(H,28,33)/t24-/m0/s1. The van der Waals surface area contributed by atoms with Crippen molar-refractivity contribution >= 4 is 33.3 Å². The lowest BCUT2D eigenvalue weighted by Gasteiger charge is -2.34. The second kappa shape index (κ2) is 11.7. The van der Waals surface area contributed by atoms with E-state index in [0.717, 1.165) is 21.7 Å². The molecule has 2 rings (SSSR count). The van der Waals surface area contributed by atoms with Gasteiger partial charge < -0.3 is 10.2 Å². The van der Waals surface area contributed by atoms with Crippen molar-refractivity contribution < 1.29 is 22.8 Å². The number of nitrogens with zero attached hydrogens (tertiary/aromatic N) is 2. The van der Waals surface area contributed by atoms with Gasteiger partial charge in [0.2, 0.25) is 21.8 Å². The number of hydrogen-bond acceptors (Lipinski definition) is 5. The van der Waals surface area contributed by atoms with Crippen molar-refractivity contribution in [3.05, 3.63) is 65.2 Å². The van der Waals surface area contributed by atoms with Crippen LogP contribution in [0.1, 0.15) is 62.5 Å². The van der Waals surface area contributed by atoms with Gasteiger partial charge >= 0.3 is 0 Å². The summed E-state index contributed by atoms with van der Waals surface area (Å²) in [6.45, 7) is 10.3. The number of carbonyl (C=O) groups excluding carboxylic acids is 3. The lowest BCUT2D eigenvalue weighted by atomic mass is 10.0. The molecule has 0 bridgehead atoms. The fourth-order valence-corrected chi connectivity index (χ4v) is 4.71. The molecule has 0 aliphatic rings. The number of benzene rings is 2. The van der Waals surface area contributed by atoms with Crippen LogP contribution < -0.4 is 9.62 Å². The Kier molecular flexibility index (Phi) is 9.43. The Morgan fingerprint density at radius 3 is 2.19 bits per heavy atom. The largest absolute Gasteiger partial charge is 0.350 e. The molecule has 2 aromatic carbocycles. The molecule has 9 heteroatoms. The number of amides is 2. The van der Waals surface area contributed by atoms with Crippen LogP contribution in [0, 0.1) is 6.92 Å². The fourth-order valence-electron chi connectivity index (χ4n) is 3.87. The summed E-state index contributed by atoms with van der Waals surface area (Å²) in [5.74, 6) is -1.05. The Balaban J connectivity index is 2.50. The summed E-state index contributed by atoms with van der Waals surface area (Å²) in [6, 6.07) is 13.0. The van der Waals surface area contributed by atoms with E-state index < -0.39 is 34.1 Å². The minimum Gasteiger partial charge on any atom is -0.350 e. The Morgan fingerprint density at radius 2 is 1.67 bits per heavy atom. The molecule has 0 aromatic heterocycles. The predicted molar refractivity (Wildman–Crippen MR) is 142 cm³/mol. The molecule has 0 radical (unpaired) electrons. The Bertz CT molecular complexity index is 1220. The van der Waals surface area contributed by atoms with Gasteiger partial charge in [0.25, 0.3) is 0 Å². The monoisotopic (exact) mass is 515 g/mol. The number of ketones is 1. The second-order valence-electron chi connectivity index (χ2n) is 10.1. The summed E-state index contributed by atoms with van der Waals surface area (Å²) in [5.41, 5.74) is 1.87. The molecule has 0 saturated heterocycles. The molecule has 0 aliphatic carbocycles. The lowest BCUT2D eigenvalue weighted by Crippen LogP contribution is -2.55. The van der Waals surface area contributed by atoms with E-state index >= 15 is 0 Å². The molecule has 196 valence electrons. The first-order valence-corrected chi connectivity index (χ1v) is 13.7. The van der Waals surface area contributed by atoms with Crippen molar-refractivity contribution in [2.45, 2.75) is 66.1 Å².